The molecule has 0 bridgehead atoms. The van der Waals surface area contributed by atoms with Crippen LogP contribution in [0.3, 0.4) is 0 Å². The molecule has 0 saturated carbocycles. The monoisotopic (exact) mass is 207 g/mol. The molecule has 0 saturated heterocycles. The van der Waals surface area contributed by atoms with Crippen LogP contribution in [-0.2, 0) is 6.54 Å². The van der Waals surface area contributed by atoms with Crippen LogP contribution in [0.1, 0.15) is 5.56 Å². The van der Waals surface area contributed by atoms with Gasteiger partial charge in [0.2, 0.25) is 0 Å². The highest BCUT2D eigenvalue weighted by Gasteiger charge is 2.08. The molecule has 0 atom stereocenters. The smallest absolute Gasteiger partial charge is 0.329 e. The zero-order valence-corrected chi connectivity index (χ0v) is 7.79. The van der Waals surface area contributed by atoms with E-state index >= 15 is 0 Å². The number of benzene rings is 1. The van der Waals surface area contributed by atoms with Gasteiger partial charge in [-0.2, -0.15) is 0 Å². The first-order chi connectivity index (χ1) is 7.18. The van der Waals surface area contributed by atoms with Gasteiger partial charge in [-0.05, 0) is 5.56 Å². The third-order valence-electron chi connectivity index (χ3n) is 1.97. The standard InChI is InChI=1S/C9H9N3O3/c10-12-8(13)11(15-9(12)14)6-7-4-2-1-3-5-7/h1-5H,6,10H2. The Kier molecular flexibility index (Phi) is 2.17. The van der Waals surface area contributed by atoms with Crippen LogP contribution in [0.25, 0.3) is 0 Å². The van der Waals surface area contributed by atoms with Gasteiger partial charge in [0.1, 0.15) is 0 Å². The van der Waals surface area contributed by atoms with E-state index in [4.69, 9.17) is 5.84 Å². The predicted molar refractivity (Wildman–Crippen MR) is 52.9 cm³/mol. The number of rotatable bonds is 2. The molecule has 1 aromatic carbocycles. The van der Waals surface area contributed by atoms with E-state index in [-0.39, 0.29) is 6.54 Å². The summed E-state index contributed by atoms with van der Waals surface area (Å²) in [5.41, 5.74) is 0.192. The lowest BCUT2D eigenvalue weighted by molar-refractivity contribution is 0.257. The van der Waals surface area contributed by atoms with Crippen LogP contribution in [0.5, 0.6) is 0 Å². The van der Waals surface area contributed by atoms with E-state index < -0.39 is 11.4 Å². The van der Waals surface area contributed by atoms with Crippen LogP contribution in [0.15, 0.2) is 44.4 Å². The average molecular weight is 207 g/mol. The largest absolute Gasteiger partial charge is 0.461 e. The summed E-state index contributed by atoms with van der Waals surface area (Å²) in [6.07, 6.45) is 0. The molecule has 0 aliphatic heterocycles. The van der Waals surface area contributed by atoms with Gasteiger partial charge < -0.3 is 10.4 Å². The van der Waals surface area contributed by atoms with Crippen molar-refractivity contribution >= 4 is 0 Å². The van der Waals surface area contributed by atoms with Gasteiger partial charge in [-0.1, -0.05) is 30.3 Å². The fraction of sp³-hybridized carbons (Fsp3) is 0.111. The van der Waals surface area contributed by atoms with Crippen LogP contribution in [0.4, 0.5) is 0 Å². The fourth-order valence-electron chi connectivity index (χ4n) is 1.22. The van der Waals surface area contributed by atoms with E-state index in [9.17, 15) is 9.59 Å². The van der Waals surface area contributed by atoms with Crippen molar-refractivity contribution in [3.05, 3.63) is 56.9 Å². The van der Waals surface area contributed by atoms with Crippen molar-refractivity contribution in [2.45, 2.75) is 6.54 Å². The molecular weight excluding hydrogens is 198 g/mol. The van der Waals surface area contributed by atoms with Gasteiger partial charge >= 0.3 is 11.4 Å². The molecule has 0 radical (unpaired) electrons. The molecule has 1 heterocycles. The molecule has 2 aromatic rings. The Morgan fingerprint density at radius 1 is 1.20 bits per heavy atom. The third-order valence-corrected chi connectivity index (χ3v) is 1.97. The Morgan fingerprint density at radius 3 is 2.40 bits per heavy atom. The van der Waals surface area contributed by atoms with Crippen LogP contribution >= 0.6 is 0 Å². The highest BCUT2D eigenvalue weighted by Crippen LogP contribution is 1.98. The van der Waals surface area contributed by atoms with Gasteiger partial charge in [0.25, 0.3) is 0 Å². The van der Waals surface area contributed by atoms with Gasteiger partial charge in [0.15, 0.2) is 0 Å². The second kappa shape index (κ2) is 3.49. The maximum Gasteiger partial charge on any atom is 0.461 e. The summed E-state index contributed by atoms with van der Waals surface area (Å²) in [7, 11) is 0. The topological polar surface area (TPSA) is 83.2 Å². The Bertz CT molecular complexity index is 564. The first-order valence-corrected chi connectivity index (χ1v) is 4.30. The van der Waals surface area contributed by atoms with Gasteiger partial charge in [-0.15, -0.1) is 9.42 Å². The van der Waals surface area contributed by atoms with Crippen molar-refractivity contribution in [3.8, 4) is 0 Å². The van der Waals surface area contributed by atoms with Crippen molar-refractivity contribution in [1.82, 2.24) is 9.42 Å². The zero-order valence-electron chi connectivity index (χ0n) is 7.79. The number of hydrogen-bond acceptors (Lipinski definition) is 4. The van der Waals surface area contributed by atoms with E-state index in [2.05, 4.69) is 4.52 Å². The van der Waals surface area contributed by atoms with Crippen molar-refractivity contribution in [2.24, 2.45) is 0 Å². The molecule has 0 aliphatic carbocycles. The van der Waals surface area contributed by atoms with Gasteiger partial charge in [-0.25, -0.2) is 9.59 Å². The normalized spacial score (nSPS) is 10.4. The number of nitrogens with zero attached hydrogens (tertiary/aromatic N) is 2. The molecule has 0 amide bonds. The Morgan fingerprint density at radius 2 is 1.87 bits per heavy atom. The molecule has 2 rings (SSSR count). The summed E-state index contributed by atoms with van der Waals surface area (Å²) >= 11 is 0. The summed E-state index contributed by atoms with van der Waals surface area (Å²) in [5.74, 6) is 4.27. The first kappa shape index (κ1) is 9.32. The predicted octanol–water partition coefficient (Wildman–Crippen LogP) is -0.635. The third kappa shape index (κ3) is 1.69. The molecule has 15 heavy (non-hydrogen) atoms. The summed E-state index contributed by atoms with van der Waals surface area (Å²) < 4.78 is 5.98. The van der Waals surface area contributed by atoms with Crippen molar-refractivity contribution in [3.63, 3.8) is 0 Å². The number of hydrogen-bond donors (Lipinski definition) is 1. The molecule has 6 heteroatoms. The van der Waals surface area contributed by atoms with Gasteiger partial charge in [0.05, 0.1) is 6.54 Å². The average Bonchev–Trinajstić information content (AvgIpc) is 2.48. The molecule has 2 N–H and O–H groups in total. The quantitative estimate of drug-likeness (QED) is 0.664. The Labute approximate surface area is 84.1 Å². The Balaban J connectivity index is 2.38. The molecular formula is C9H9N3O3. The fourth-order valence-corrected chi connectivity index (χ4v) is 1.22. The van der Waals surface area contributed by atoms with Gasteiger partial charge in [0, 0.05) is 0 Å². The Hall–Kier alpha value is -2.24. The maximum atomic E-state index is 11.3. The van der Waals surface area contributed by atoms with Crippen LogP contribution in [0, 0.1) is 0 Å². The minimum atomic E-state index is -0.865. The van der Waals surface area contributed by atoms with E-state index in [0.717, 1.165) is 10.3 Å². The molecule has 0 unspecified atom stereocenters. The van der Waals surface area contributed by atoms with Gasteiger partial charge in [-0.3, -0.25) is 0 Å². The number of nitrogens with two attached hydrogens (primary N) is 1. The molecule has 0 aliphatic rings. The SMILES string of the molecule is Nn1c(=O)on(Cc2ccccc2)c1=O. The van der Waals surface area contributed by atoms with E-state index in [1.807, 2.05) is 30.3 Å². The minimum Gasteiger partial charge on any atom is -0.329 e. The molecule has 0 spiro atoms. The first-order valence-electron chi connectivity index (χ1n) is 4.30. The second-order valence-electron chi connectivity index (χ2n) is 3.03. The summed E-state index contributed by atoms with van der Waals surface area (Å²) in [6, 6.07) is 9.16. The summed E-state index contributed by atoms with van der Waals surface area (Å²) in [6.45, 7) is 0.194. The van der Waals surface area contributed by atoms with E-state index in [0.29, 0.717) is 4.68 Å². The van der Waals surface area contributed by atoms with Crippen LogP contribution in [0.2, 0.25) is 0 Å². The summed E-state index contributed by atoms with van der Waals surface area (Å²) in [4.78, 5) is 22.2. The molecule has 0 fully saturated rings. The lowest BCUT2D eigenvalue weighted by Gasteiger charge is -1.97. The molecule has 6 nitrogen and oxygen atoms in total. The highest BCUT2D eigenvalue weighted by molar-refractivity contribution is 5.14. The molecule has 78 valence electrons. The number of nitrogen functional groups attached to an aromatic ring is 1. The van der Waals surface area contributed by atoms with E-state index in [1.54, 1.807) is 0 Å². The number of aromatic nitrogens is 2. The second-order valence-corrected chi connectivity index (χ2v) is 3.03. The highest BCUT2D eigenvalue weighted by atomic mass is 16.5. The summed E-state index contributed by atoms with van der Waals surface area (Å²) in [5, 5.41) is 0. The van der Waals surface area contributed by atoms with Crippen molar-refractivity contribution < 1.29 is 4.52 Å². The maximum absolute atomic E-state index is 11.3. The van der Waals surface area contributed by atoms with E-state index in [1.165, 1.54) is 0 Å². The van der Waals surface area contributed by atoms with Crippen molar-refractivity contribution in [1.29, 1.82) is 0 Å². The molecule has 1 aromatic heterocycles. The lowest BCUT2D eigenvalue weighted by atomic mass is 10.2. The van der Waals surface area contributed by atoms with Crippen molar-refractivity contribution in [2.75, 3.05) is 5.84 Å². The van der Waals surface area contributed by atoms with Crippen LogP contribution in [-0.4, -0.2) is 9.42 Å². The zero-order chi connectivity index (χ0) is 10.8. The lowest BCUT2D eigenvalue weighted by Crippen LogP contribution is -2.35. The minimum absolute atomic E-state index is 0.194. The van der Waals surface area contributed by atoms with Crippen LogP contribution < -0.4 is 17.3 Å².